The van der Waals surface area contributed by atoms with E-state index in [1.54, 1.807) is 0 Å². The summed E-state index contributed by atoms with van der Waals surface area (Å²) in [4.78, 5) is 0. The first-order chi connectivity index (χ1) is 9.58. The van der Waals surface area contributed by atoms with E-state index in [1.165, 1.54) is 44.2 Å². The molecular weight excluding hydrogens is 240 g/mol. The number of benzene rings is 3. The molecule has 3 rings (SSSR count). The van der Waals surface area contributed by atoms with Crippen LogP contribution in [0.15, 0.2) is 48.5 Å². The van der Waals surface area contributed by atoms with Crippen LogP contribution >= 0.6 is 0 Å². The van der Waals surface area contributed by atoms with E-state index in [1.807, 2.05) is 0 Å². The first-order valence-corrected chi connectivity index (χ1v) is 7.14. The zero-order valence-corrected chi connectivity index (χ0v) is 12.6. The maximum atomic E-state index is 2.28. The fourth-order valence-corrected chi connectivity index (χ4v) is 3.29. The molecule has 0 N–H and O–H groups in total. The number of rotatable bonds is 1. The van der Waals surface area contributed by atoms with Crippen molar-refractivity contribution in [1.82, 2.24) is 0 Å². The van der Waals surface area contributed by atoms with Gasteiger partial charge in [0.1, 0.15) is 0 Å². The molecule has 0 heteroatoms. The molecule has 0 atom stereocenters. The van der Waals surface area contributed by atoms with E-state index in [4.69, 9.17) is 0 Å². The highest BCUT2D eigenvalue weighted by atomic mass is 14.2. The second-order valence-corrected chi connectivity index (χ2v) is 5.75. The fraction of sp³-hybridized carbons (Fsp3) is 0.200. The number of hydrogen-bond donors (Lipinski definition) is 0. The molecule has 0 aliphatic carbocycles. The maximum absolute atomic E-state index is 2.28. The van der Waals surface area contributed by atoms with Crippen molar-refractivity contribution in [3.63, 3.8) is 0 Å². The maximum Gasteiger partial charge on any atom is -0.00708 e. The third-order valence-corrected chi connectivity index (χ3v) is 4.06. The van der Waals surface area contributed by atoms with Gasteiger partial charge in [-0.2, -0.15) is 0 Å². The van der Waals surface area contributed by atoms with Gasteiger partial charge in [-0.1, -0.05) is 54.1 Å². The quantitative estimate of drug-likeness (QED) is 0.523. The molecule has 0 nitrogen and oxygen atoms in total. The zero-order chi connectivity index (χ0) is 14.3. The smallest absolute Gasteiger partial charge is 0.00708 e. The largest absolute Gasteiger partial charge is 0.0616 e. The molecule has 20 heavy (non-hydrogen) atoms. The number of aryl methyl sites for hydroxylation is 4. The van der Waals surface area contributed by atoms with E-state index in [0.29, 0.717) is 0 Å². The normalized spacial score (nSPS) is 11.0. The summed E-state index contributed by atoms with van der Waals surface area (Å²) in [5, 5.41) is 2.66. The van der Waals surface area contributed by atoms with Crippen LogP contribution in [0.3, 0.4) is 0 Å². The second kappa shape index (κ2) is 4.79. The van der Waals surface area contributed by atoms with Gasteiger partial charge in [0.15, 0.2) is 0 Å². The van der Waals surface area contributed by atoms with Gasteiger partial charge < -0.3 is 0 Å². The summed E-state index contributed by atoms with van der Waals surface area (Å²) in [5.74, 6) is 0. The lowest BCUT2D eigenvalue weighted by Crippen LogP contribution is -1.93. The molecule has 0 spiro atoms. The number of fused-ring (bicyclic) bond motifs is 1. The van der Waals surface area contributed by atoms with Crippen LogP contribution in [0.1, 0.15) is 22.3 Å². The lowest BCUT2D eigenvalue weighted by atomic mass is 9.88. The Balaban J connectivity index is 2.44. The van der Waals surface area contributed by atoms with Crippen LogP contribution in [-0.2, 0) is 0 Å². The molecular formula is C20H20. The van der Waals surface area contributed by atoms with Crippen LogP contribution in [0.25, 0.3) is 21.9 Å². The van der Waals surface area contributed by atoms with Gasteiger partial charge >= 0.3 is 0 Å². The summed E-state index contributed by atoms with van der Waals surface area (Å²) in [6, 6.07) is 17.7. The first-order valence-electron chi connectivity index (χ1n) is 7.14. The predicted octanol–water partition coefficient (Wildman–Crippen LogP) is 5.74. The molecule has 0 saturated heterocycles. The summed E-state index contributed by atoms with van der Waals surface area (Å²) in [5.41, 5.74) is 8.19. The summed E-state index contributed by atoms with van der Waals surface area (Å²) in [7, 11) is 0. The topological polar surface area (TPSA) is 0 Å². The Morgan fingerprint density at radius 1 is 0.600 bits per heavy atom. The molecule has 0 heterocycles. The van der Waals surface area contributed by atoms with Crippen LogP contribution in [0.2, 0.25) is 0 Å². The van der Waals surface area contributed by atoms with Gasteiger partial charge in [0.2, 0.25) is 0 Å². The SMILES string of the molecule is Cc1cc(C)c(-c2c(C)ccc3ccccc23)c(C)c1. The van der Waals surface area contributed by atoms with E-state index in [0.717, 1.165) is 0 Å². The summed E-state index contributed by atoms with van der Waals surface area (Å²) >= 11 is 0. The van der Waals surface area contributed by atoms with Crippen molar-refractivity contribution in [3.8, 4) is 11.1 Å². The summed E-state index contributed by atoms with van der Waals surface area (Å²) in [6.45, 7) is 8.81. The van der Waals surface area contributed by atoms with Crippen molar-refractivity contribution in [2.24, 2.45) is 0 Å². The van der Waals surface area contributed by atoms with Crippen LogP contribution in [-0.4, -0.2) is 0 Å². The lowest BCUT2D eigenvalue weighted by molar-refractivity contribution is 1.31. The van der Waals surface area contributed by atoms with Gasteiger partial charge in [-0.15, -0.1) is 0 Å². The van der Waals surface area contributed by atoms with E-state index >= 15 is 0 Å². The standard InChI is InChI=1S/C20H20/c1-13-11-15(3)19(16(4)12-13)20-14(2)9-10-17-7-5-6-8-18(17)20/h5-12H,1-4H3. The van der Waals surface area contributed by atoms with Crippen LogP contribution in [0.4, 0.5) is 0 Å². The molecule has 0 radical (unpaired) electrons. The average Bonchev–Trinajstić information content (AvgIpc) is 2.40. The summed E-state index contributed by atoms with van der Waals surface area (Å²) < 4.78 is 0. The molecule has 0 saturated carbocycles. The molecule has 0 fully saturated rings. The van der Waals surface area contributed by atoms with Gasteiger partial charge in [0.25, 0.3) is 0 Å². The van der Waals surface area contributed by atoms with Gasteiger partial charge in [0.05, 0.1) is 0 Å². The van der Waals surface area contributed by atoms with Gasteiger partial charge in [-0.3, -0.25) is 0 Å². The van der Waals surface area contributed by atoms with Gasteiger partial charge in [0, 0.05) is 0 Å². The van der Waals surface area contributed by atoms with Crippen molar-refractivity contribution < 1.29 is 0 Å². The monoisotopic (exact) mass is 260 g/mol. The highest BCUT2D eigenvalue weighted by molar-refractivity contribution is 5.99. The molecule has 0 aliphatic heterocycles. The minimum absolute atomic E-state index is 1.31. The molecule has 0 unspecified atom stereocenters. The number of hydrogen-bond acceptors (Lipinski definition) is 0. The zero-order valence-electron chi connectivity index (χ0n) is 12.6. The van der Waals surface area contributed by atoms with Crippen molar-refractivity contribution in [2.75, 3.05) is 0 Å². The Kier molecular flexibility index (Phi) is 3.10. The molecule has 100 valence electrons. The highest BCUT2D eigenvalue weighted by Gasteiger charge is 2.12. The predicted molar refractivity (Wildman–Crippen MR) is 88.3 cm³/mol. The Bertz CT molecular complexity index is 771. The first kappa shape index (κ1) is 12.9. The van der Waals surface area contributed by atoms with Crippen molar-refractivity contribution in [1.29, 1.82) is 0 Å². The minimum Gasteiger partial charge on any atom is -0.0616 e. The molecule has 0 amide bonds. The summed E-state index contributed by atoms with van der Waals surface area (Å²) in [6.07, 6.45) is 0. The van der Waals surface area contributed by atoms with Crippen LogP contribution in [0, 0.1) is 27.7 Å². The van der Waals surface area contributed by atoms with E-state index in [2.05, 4.69) is 76.2 Å². The van der Waals surface area contributed by atoms with Crippen LogP contribution in [0.5, 0.6) is 0 Å². The van der Waals surface area contributed by atoms with Crippen molar-refractivity contribution >= 4 is 10.8 Å². The Labute approximate surface area is 121 Å². The lowest BCUT2D eigenvalue weighted by Gasteiger charge is -2.16. The molecule has 0 aliphatic rings. The fourth-order valence-electron chi connectivity index (χ4n) is 3.29. The van der Waals surface area contributed by atoms with Gasteiger partial charge in [-0.25, -0.2) is 0 Å². The minimum atomic E-state index is 1.31. The third kappa shape index (κ3) is 2.02. The Hall–Kier alpha value is -2.08. The highest BCUT2D eigenvalue weighted by Crippen LogP contribution is 2.36. The third-order valence-electron chi connectivity index (χ3n) is 4.06. The Morgan fingerprint density at radius 2 is 1.25 bits per heavy atom. The van der Waals surface area contributed by atoms with Crippen LogP contribution < -0.4 is 0 Å². The van der Waals surface area contributed by atoms with Crippen molar-refractivity contribution in [3.05, 3.63) is 70.8 Å². The average molecular weight is 260 g/mol. The molecule has 0 aromatic heterocycles. The van der Waals surface area contributed by atoms with E-state index in [9.17, 15) is 0 Å². The van der Waals surface area contributed by atoms with E-state index < -0.39 is 0 Å². The van der Waals surface area contributed by atoms with Crippen molar-refractivity contribution in [2.45, 2.75) is 27.7 Å². The molecule has 3 aromatic rings. The Morgan fingerprint density at radius 3 is 1.95 bits per heavy atom. The second-order valence-electron chi connectivity index (χ2n) is 5.75. The molecule has 3 aromatic carbocycles. The molecule has 0 bridgehead atoms. The van der Waals surface area contributed by atoms with Gasteiger partial charge in [-0.05, 0) is 66.3 Å². The van der Waals surface area contributed by atoms with E-state index in [-0.39, 0.29) is 0 Å².